The van der Waals surface area contributed by atoms with Crippen molar-refractivity contribution in [3.05, 3.63) is 80.8 Å². The Morgan fingerprint density at radius 2 is 1.92 bits per heavy atom. The number of hydrazone groups is 1. The van der Waals surface area contributed by atoms with Crippen molar-refractivity contribution in [2.75, 3.05) is 5.01 Å². The van der Waals surface area contributed by atoms with E-state index in [1.807, 2.05) is 6.92 Å². The van der Waals surface area contributed by atoms with Crippen molar-refractivity contribution in [2.24, 2.45) is 5.10 Å². The van der Waals surface area contributed by atoms with Crippen molar-refractivity contribution in [1.29, 1.82) is 0 Å². The van der Waals surface area contributed by atoms with Gasteiger partial charge in [0.25, 0.3) is 0 Å². The largest absolute Gasteiger partial charge is 0.231 e. The molecule has 5 heteroatoms. The molecular formula is C20H18BrN3S. The number of hydrogen-bond donors (Lipinski definition) is 0. The molecule has 4 rings (SSSR count). The lowest BCUT2D eigenvalue weighted by molar-refractivity contribution is 0.705. The number of thiazole rings is 1. The first-order valence-corrected chi connectivity index (χ1v) is 9.89. The van der Waals surface area contributed by atoms with Gasteiger partial charge in [-0.2, -0.15) is 5.10 Å². The highest BCUT2D eigenvalue weighted by Crippen LogP contribution is 2.38. The summed E-state index contributed by atoms with van der Waals surface area (Å²) in [5.74, 6) is 0. The molecule has 1 atom stereocenters. The molecule has 0 bridgehead atoms. The zero-order chi connectivity index (χ0) is 17.4. The lowest BCUT2D eigenvalue weighted by atomic mass is 9.98. The van der Waals surface area contributed by atoms with Crippen LogP contribution in [0.4, 0.5) is 5.13 Å². The minimum Gasteiger partial charge on any atom is -0.231 e. The van der Waals surface area contributed by atoms with E-state index in [1.54, 1.807) is 11.3 Å². The Hall–Kier alpha value is -1.98. The summed E-state index contributed by atoms with van der Waals surface area (Å²) in [6, 6.07) is 17.2. The van der Waals surface area contributed by atoms with Gasteiger partial charge in [0.2, 0.25) is 5.13 Å². The van der Waals surface area contributed by atoms with Gasteiger partial charge in [0.15, 0.2) is 0 Å². The van der Waals surface area contributed by atoms with E-state index >= 15 is 0 Å². The van der Waals surface area contributed by atoms with Crippen LogP contribution in [-0.4, -0.2) is 10.7 Å². The second-order valence-corrected chi connectivity index (χ2v) is 8.06. The molecule has 1 unspecified atom stereocenters. The van der Waals surface area contributed by atoms with Crippen molar-refractivity contribution in [3.8, 4) is 0 Å². The van der Waals surface area contributed by atoms with Crippen LogP contribution in [0.2, 0.25) is 0 Å². The van der Waals surface area contributed by atoms with Crippen LogP contribution in [0.3, 0.4) is 0 Å². The highest BCUT2D eigenvalue weighted by atomic mass is 79.9. The Bertz CT molecular complexity index is 930. The maximum absolute atomic E-state index is 4.95. The molecule has 0 amide bonds. The highest BCUT2D eigenvalue weighted by Gasteiger charge is 2.31. The number of aryl methyl sites for hydroxylation is 2. The van der Waals surface area contributed by atoms with Crippen molar-refractivity contribution >= 4 is 38.1 Å². The predicted molar refractivity (Wildman–Crippen MR) is 109 cm³/mol. The lowest BCUT2D eigenvalue weighted by Gasteiger charge is -2.21. The molecule has 0 radical (unpaired) electrons. The molecule has 1 aliphatic heterocycles. The van der Waals surface area contributed by atoms with Gasteiger partial charge < -0.3 is 0 Å². The minimum absolute atomic E-state index is 0.175. The van der Waals surface area contributed by atoms with Crippen molar-refractivity contribution < 1.29 is 0 Å². The molecule has 25 heavy (non-hydrogen) atoms. The molecule has 0 N–H and O–H groups in total. The fraction of sp³-hybridized carbons (Fsp3) is 0.200. The van der Waals surface area contributed by atoms with Crippen molar-refractivity contribution in [3.63, 3.8) is 0 Å². The van der Waals surface area contributed by atoms with Gasteiger partial charge in [0, 0.05) is 16.3 Å². The van der Waals surface area contributed by atoms with Crippen molar-refractivity contribution in [2.45, 2.75) is 26.3 Å². The number of nitrogens with zero attached hydrogens (tertiary/aromatic N) is 3. The molecule has 0 saturated heterocycles. The maximum Gasteiger partial charge on any atom is 0.206 e. The van der Waals surface area contributed by atoms with Gasteiger partial charge in [-0.15, -0.1) is 11.3 Å². The average molecular weight is 412 g/mol. The molecule has 2 aromatic carbocycles. The topological polar surface area (TPSA) is 28.5 Å². The molecule has 1 aliphatic rings. The van der Waals surface area contributed by atoms with Crippen LogP contribution in [0, 0.1) is 13.8 Å². The third kappa shape index (κ3) is 3.39. The smallest absolute Gasteiger partial charge is 0.206 e. The van der Waals surface area contributed by atoms with E-state index in [4.69, 9.17) is 5.10 Å². The lowest BCUT2D eigenvalue weighted by Crippen LogP contribution is -2.18. The SMILES string of the molecule is Cc1cccc(C2=NN(c3nc(C)cs3)C(c3ccc(Br)cc3)C2)c1. The van der Waals surface area contributed by atoms with Crippen LogP contribution in [-0.2, 0) is 0 Å². The number of halogens is 1. The van der Waals surface area contributed by atoms with Crippen LogP contribution in [0.5, 0.6) is 0 Å². The monoisotopic (exact) mass is 411 g/mol. The molecule has 2 heterocycles. The Kier molecular flexibility index (Phi) is 4.44. The van der Waals surface area contributed by atoms with E-state index in [9.17, 15) is 0 Å². The highest BCUT2D eigenvalue weighted by molar-refractivity contribution is 9.10. The second kappa shape index (κ2) is 6.73. The molecule has 0 aliphatic carbocycles. The van der Waals surface area contributed by atoms with Gasteiger partial charge in [0.05, 0.1) is 17.4 Å². The second-order valence-electron chi connectivity index (χ2n) is 6.30. The molecule has 126 valence electrons. The molecule has 3 aromatic rings. The predicted octanol–water partition coefficient (Wildman–Crippen LogP) is 5.88. The van der Waals surface area contributed by atoms with Gasteiger partial charge in [-0.25, -0.2) is 9.99 Å². The Morgan fingerprint density at radius 1 is 1.12 bits per heavy atom. The molecule has 0 saturated carbocycles. The van der Waals surface area contributed by atoms with Gasteiger partial charge in [-0.05, 0) is 37.1 Å². The summed E-state index contributed by atoms with van der Waals surface area (Å²) in [5.41, 5.74) is 5.85. The van der Waals surface area contributed by atoms with Crippen LogP contribution < -0.4 is 5.01 Å². The minimum atomic E-state index is 0.175. The quantitative estimate of drug-likeness (QED) is 0.538. The first kappa shape index (κ1) is 16.5. The first-order valence-electron chi connectivity index (χ1n) is 8.21. The summed E-state index contributed by atoms with van der Waals surface area (Å²) in [6.07, 6.45) is 0.879. The number of aromatic nitrogens is 1. The van der Waals surface area contributed by atoms with Gasteiger partial charge in [0.1, 0.15) is 0 Å². The summed E-state index contributed by atoms with van der Waals surface area (Å²) in [4.78, 5) is 4.66. The zero-order valence-electron chi connectivity index (χ0n) is 14.1. The van der Waals surface area contributed by atoms with E-state index in [2.05, 4.69) is 86.8 Å². The molecule has 0 fully saturated rings. The number of rotatable bonds is 3. The normalized spacial score (nSPS) is 17.0. The molecular weight excluding hydrogens is 394 g/mol. The third-order valence-electron chi connectivity index (χ3n) is 4.32. The Balaban J connectivity index is 1.75. The summed E-state index contributed by atoms with van der Waals surface area (Å²) < 4.78 is 1.09. The Labute approximate surface area is 160 Å². The van der Waals surface area contributed by atoms with E-state index < -0.39 is 0 Å². The zero-order valence-corrected chi connectivity index (χ0v) is 16.5. The first-order chi connectivity index (χ1) is 12.1. The maximum atomic E-state index is 4.95. The van der Waals surface area contributed by atoms with Gasteiger partial charge in [-0.1, -0.05) is 57.9 Å². The van der Waals surface area contributed by atoms with Crippen LogP contribution in [0.15, 0.2) is 63.5 Å². The average Bonchev–Trinajstić information content (AvgIpc) is 3.22. The molecule has 1 aromatic heterocycles. The van der Waals surface area contributed by atoms with Gasteiger partial charge >= 0.3 is 0 Å². The fourth-order valence-corrected chi connectivity index (χ4v) is 4.14. The van der Waals surface area contributed by atoms with Gasteiger partial charge in [-0.3, -0.25) is 0 Å². The van der Waals surface area contributed by atoms with Crippen LogP contribution in [0.25, 0.3) is 0 Å². The summed E-state index contributed by atoms with van der Waals surface area (Å²) >= 11 is 5.17. The van der Waals surface area contributed by atoms with E-state index in [1.165, 1.54) is 16.7 Å². The fourth-order valence-electron chi connectivity index (χ4n) is 3.08. The van der Waals surface area contributed by atoms with E-state index in [-0.39, 0.29) is 6.04 Å². The number of benzene rings is 2. The van der Waals surface area contributed by atoms with Crippen LogP contribution in [0.1, 0.15) is 34.8 Å². The summed E-state index contributed by atoms with van der Waals surface area (Å²) in [5, 5.41) is 10.1. The Morgan fingerprint density at radius 3 is 2.60 bits per heavy atom. The number of hydrogen-bond acceptors (Lipinski definition) is 4. The molecule has 0 spiro atoms. The standard InChI is InChI=1S/C20H18BrN3S/c1-13-4-3-5-16(10-13)18-11-19(15-6-8-17(21)9-7-15)24(23-18)20-22-14(2)12-25-20/h3-10,12,19H,11H2,1-2H3. The number of anilines is 1. The van der Waals surface area contributed by atoms with E-state index in [0.717, 1.165) is 27.4 Å². The summed E-state index contributed by atoms with van der Waals surface area (Å²) in [6.45, 7) is 4.14. The molecule has 3 nitrogen and oxygen atoms in total. The third-order valence-corrected chi connectivity index (χ3v) is 5.80. The van der Waals surface area contributed by atoms with E-state index in [0.29, 0.717) is 0 Å². The van der Waals surface area contributed by atoms with Crippen molar-refractivity contribution in [1.82, 2.24) is 4.98 Å². The summed E-state index contributed by atoms with van der Waals surface area (Å²) in [7, 11) is 0. The van der Waals surface area contributed by atoms with Crippen LogP contribution >= 0.6 is 27.3 Å².